The number of nitrogens with one attached hydrogen (secondary N) is 1. The van der Waals surface area contributed by atoms with Gasteiger partial charge < -0.3 is 5.32 Å². The number of benzene rings is 1. The van der Waals surface area contributed by atoms with Gasteiger partial charge >= 0.3 is 0 Å². The third kappa shape index (κ3) is 4.07. The summed E-state index contributed by atoms with van der Waals surface area (Å²) in [6.45, 7) is 1.10. The van der Waals surface area contributed by atoms with Crippen LogP contribution in [0.5, 0.6) is 0 Å². The fourth-order valence-electron chi connectivity index (χ4n) is 1.20. The van der Waals surface area contributed by atoms with Gasteiger partial charge in [-0.05, 0) is 18.5 Å². The maximum atomic E-state index is 11.8. The van der Waals surface area contributed by atoms with Gasteiger partial charge in [0.1, 0.15) is 0 Å². The van der Waals surface area contributed by atoms with Crippen LogP contribution in [0.25, 0.3) is 0 Å². The van der Waals surface area contributed by atoms with E-state index in [0.717, 1.165) is 5.56 Å². The fourth-order valence-corrected chi connectivity index (χ4v) is 1.45. The lowest BCUT2D eigenvalue weighted by atomic mass is 10.1. The Balaban J connectivity index is 2.25. The first-order valence-corrected chi connectivity index (χ1v) is 5.24. The Hall–Kier alpha value is -0.600. The highest BCUT2D eigenvalue weighted by atomic mass is 35.5. The van der Waals surface area contributed by atoms with Crippen LogP contribution in [0, 0.1) is 0 Å². The van der Waals surface area contributed by atoms with Crippen molar-refractivity contribution in [3.63, 3.8) is 0 Å². The van der Waals surface area contributed by atoms with Gasteiger partial charge in [-0.1, -0.05) is 30.3 Å². The number of halogens is 2. The van der Waals surface area contributed by atoms with Gasteiger partial charge in [-0.2, -0.15) is 0 Å². The van der Waals surface area contributed by atoms with Crippen LogP contribution >= 0.6 is 11.6 Å². The molecule has 1 aromatic rings. The first-order chi connectivity index (χ1) is 6.84. The van der Waals surface area contributed by atoms with Crippen molar-refractivity contribution < 1.29 is 4.39 Å². The maximum Gasteiger partial charge on any atom is 0.0906 e. The minimum Gasteiger partial charge on any atom is -0.315 e. The van der Waals surface area contributed by atoms with Crippen molar-refractivity contribution in [3.8, 4) is 0 Å². The average molecular weight is 216 g/mol. The number of hydrogen-bond acceptors (Lipinski definition) is 1. The summed E-state index contributed by atoms with van der Waals surface area (Å²) in [6.07, 6.45) is 0.554. The summed E-state index contributed by atoms with van der Waals surface area (Å²) in [5, 5.41) is 3.08. The van der Waals surface area contributed by atoms with Crippen LogP contribution in [0.1, 0.15) is 17.4 Å². The van der Waals surface area contributed by atoms with Crippen molar-refractivity contribution in [3.05, 3.63) is 35.9 Å². The molecule has 0 aliphatic rings. The van der Waals surface area contributed by atoms with Crippen LogP contribution in [0.3, 0.4) is 0 Å². The Bertz CT molecular complexity index is 240. The molecule has 1 atom stereocenters. The summed E-state index contributed by atoms with van der Waals surface area (Å²) >= 11 is 6.13. The smallest absolute Gasteiger partial charge is 0.0906 e. The predicted molar refractivity (Wildman–Crippen MR) is 58.5 cm³/mol. The molecule has 0 aromatic heterocycles. The molecule has 0 spiro atoms. The molecule has 0 bridgehead atoms. The van der Waals surface area contributed by atoms with Gasteiger partial charge in [-0.25, -0.2) is 0 Å². The van der Waals surface area contributed by atoms with E-state index in [2.05, 4.69) is 5.32 Å². The van der Waals surface area contributed by atoms with E-state index < -0.39 is 0 Å². The predicted octanol–water partition coefficient (Wildman–Crippen LogP) is 2.92. The molecule has 78 valence electrons. The van der Waals surface area contributed by atoms with E-state index in [1.54, 1.807) is 0 Å². The van der Waals surface area contributed by atoms with Gasteiger partial charge in [0.15, 0.2) is 0 Å². The Labute approximate surface area is 89.3 Å². The van der Waals surface area contributed by atoms with E-state index in [0.29, 0.717) is 19.5 Å². The molecule has 0 radical (unpaired) electrons. The minimum absolute atomic E-state index is 0.0317. The van der Waals surface area contributed by atoms with Crippen molar-refractivity contribution in [1.82, 2.24) is 5.32 Å². The highest BCUT2D eigenvalue weighted by molar-refractivity contribution is 6.21. The summed E-state index contributed by atoms with van der Waals surface area (Å²) in [5.41, 5.74) is 1.10. The van der Waals surface area contributed by atoms with Gasteiger partial charge in [0.05, 0.1) is 12.1 Å². The van der Waals surface area contributed by atoms with E-state index in [1.165, 1.54) is 0 Å². The van der Waals surface area contributed by atoms with Crippen molar-refractivity contribution >= 4 is 11.6 Å². The van der Waals surface area contributed by atoms with Crippen LogP contribution in [0.2, 0.25) is 0 Å². The van der Waals surface area contributed by atoms with Gasteiger partial charge in [0.25, 0.3) is 0 Å². The normalized spacial score (nSPS) is 12.7. The molecule has 1 unspecified atom stereocenters. The first-order valence-electron chi connectivity index (χ1n) is 4.80. The number of hydrogen-bond donors (Lipinski definition) is 1. The lowest BCUT2D eigenvalue weighted by Gasteiger charge is -2.10. The largest absolute Gasteiger partial charge is 0.315 e. The molecule has 0 saturated carbocycles. The van der Waals surface area contributed by atoms with Crippen LogP contribution in [0.15, 0.2) is 30.3 Å². The zero-order chi connectivity index (χ0) is 10.2. The monoisotopic (exact) mass is 215 g/mol. The Morgan fingerprint density at radius 3 is 2.64 bits per heavy atom. The lowest BCUT2D eigenvalue weighted by molar-refractivity contribution is 0.459. The maximum absolute atomic E-state index is 11.8. The van der Waals surface area contributed by atoms with E-state index in [4.69, 9.17) is 11.6 Å². The molecule has 1 nitrogen and oxygen atoms in total. The molecule has 14 heavy (non-hydrogen) atoms. The molecular weight excluding hydrogens is 201 g/mol. The van der Waals surface area contributed by atoms with E-state index >= 15 is 0 Å². The van der Waals surface area contributed by atoms with Crippen molar-refractivity contribution in [1.29, 1.82) is 0 Å². The third-order valence-electron chi connectivity index (χ3n) is 1.97. The highest BCUT2D eigenvalue weighted by Crippen LogP contribution is 2.18. The molecule has 0 aliphatic carbocycles. The zero-order valence-corrected chi connectivity index (χ0v) is 8.80. The molecule has 3 heteroatoms. The van der Waals surface area contributed by atoms with E-state index in [9.17, 15) is 4.39 Å². The van der Waals surface area contributed by atoms with Gasteiger partial charge in [0.2, 0.25) is 0 Å². The number of alkyl halides is 2. The second kappa shape index (κ2) is 6.80. The van der Waals surface area contributed by atoms with Crippen LogP contribution in [0.4, 0.5) is 4.39 Å². The average Bonchev–Trinajstić information content (AvgIpc) is 2.25. The third-order valence-corrected chi connectivity index (χ3v) is 2.38. The van der Waals surface area contributed by atoms with Crippen LogP contribution in [-0.4, -0.2) is 19.8 Å². The molecule has 0 amide bonds. The Morgan fingerprint density at radius 1 is 1.29 bits per heavy atom. The van der Waals surface area contributed by atoms with E-state index in [-0.39, 0.29) is 12.1 Å². The topological polar surface area (TPSA) is 12.0 Å². The quantitative estimate of drug-likeness (QED) is 0.569. The standard InChI is InChI=1S/C11H15ClFN/c12-11(9-14-8-4-7-13)10-5-2-1-3-6-10/h1-3,5-6,11,14H,4,7-9H2. The van der Waals surface area contributed by atoms with Crippen molar-refractivity contribution in [2.45, 2.75) is 11.8 Å². The molecule has 1 N–H and O–H groups in total. The summed E-state index contributed by atoms with van der Waals surface area (Å²) in [5.74, 6) is 0. The van der Waals surface area contributed by atoms with Crippen molar-refractivity contribution in [2.24, 2.45) is 0 Å². The number of rotatable bonds is 6. The summed E-state index contributed by atoms with van der Waals surface area (Å²) in [7, 11) is 0. The Kier molecular flexibility index (Phi) is 5.57. The van der Waals surface area contributed by atoms with Crippen LogP contribution < -0.4 is 5.32 Å². The summed E-state index contributed by atoms with van der Waals surface area (Å²) < 4.78 is 11.8. The summed E-state index contributed by atoms with van der Waals surface area (Å²) in [6, 6.07) is 9.88. The van der Waals surface area contributed by atoms with Gasteiger partial charge in [-0.15, -0.1) is 11.6 Å². The molecule has 0 aliphatic heterocycles. The second-order valence-corrected chi connectivity index (χ2v) is 3.65. The minimum atomic E-state index is -0.273. The SMILES string of the molecule is FCCCNCC(Cl)c1ccccc1. The first kappa shape index (κ1) is 11.5. The molecule has 0 heterocycles. The fraction of sp³-hybridized carbons (Fsp3) is 0.455. The zero-order valence-electron chi connectivity index (χ0n) is 8.05. The second-order valence-electron chi connectivity index (χ2n) is 3.12. The molecule has 0 saturated heterocycles. The van der Waals surface area contributed by atoms with E-state index in [1.807, 2.05) is 30.3 Å². The highest BCUT2D eigenvalue weighted by Gasteiger charge is 2.05. The molecular formula is C11H15ClFN. The van der Waals surface area contributed by atoms with Gasteiger partial charge in [-0.3, -0.25) is 4.39 Å². The van der Waals surface area contributed by atoms with Gasteiger partial charge in [0, 0.05) is 6.54 Å². The Morgan fingerprint density at radius 2 is 2.00 bits per heavy atom. The molecule has 1 rings (SSSR count). The van der Waals surface area contributed by atoms with Crippen molar-refractivity contribution in [2.75, 3.05) is 19.8 Å². The lowest BCUT2D eigenvalue weighted by Crippen LogP contribution is -2.20. The molecule has 1 aromatic carbocycles. The van der Waals surface area contributed by atoms with Crippen LogP contribution in [-0.2, 0) is 0 Å². The molecule has 0 fully saturated rings. The summed E-state index contributed by atoms with van der Waals surface area (Å²) in [4.78, 5) is 0.